The first-order chi connectivity index (χ1) is 10.9. The van der Waals surface area contributed by atoms with Gasteiger partial charge in [-0.2, -0.15) is 13.2 Å². The molecule has 2 aromatic rings. The van der Waals surface area contributed by atoms with E-state index in [1.807, 2.05) is 22.4 Å². The molecule has 1 unspecified atom stereocenters. The molecule has 0 aliphatic carbocycles. The van der Waals surface area contributed by atoms with Crippen molar-refractivity contribution < 1.29 is 18.3 Å². The molecular weight excluding hydrogens is 325 g/mol. The molecule has 2 aromatic heterocycles. The van der Waals surface area contributed by atoms with E-state index in [1.54, 1.807) is 11.3 Å². The molecule has 1 aliphatic heterocycles. The fourth-order valence-electron chi connectivity index (χ4n) is 2.88. The van der Waals surface area contributed by atoms with Crippen LogP contribution < -0.4 is 4.90 Å². The van der Waals surface area contributed by atoms with Crippen molar-refractivity contribution in [2.24, 2.45) is 5.92 Å². The second-order valence-electron chi connectivity index (χ2n) is 5.69. The predicted molar refractivity (Wildman–Crippen MR) is 83.5 cm³/mol. The van der Waals surface area contributed by atoms with Gasteiger partial charge < -0.3 is 10.0 Å². The number of piperidine rings is 1. The Bertz CT molecular complexity index is 620. The Kier molecular flexibility index (Phi) is 4.59. The summed E-state index contributed by atoms with van der Waals surface area (Å²) in [6, 6.07) is 6.33. The van der Waals surface area contributed by atoms with Crippen LogP contribution >= 0.6 is 11.3 Å². The number of alkyl halides is 3. The molecular formula is C16H17F3N2OS. The summed E-state index contributed by atoms with van der Waals surface area (Å²) in [5.74, 6) is 0.737. The average Bonchev–Trinajstić information content (AvgIpc) is 3.08. The summed E-state index contributed by atoms with van der Waals surface area (Å²) in [6.07, 6.45) is -2.35. The van der Waals surface area contributed by atoms with Gasteiger partial charge in [-0.1, -0.05) is 6.07 Å². The van der Waals surface area contributed by atoms with Gasteiger partial charge in [-0.25, -0.2) is 4.98 Å². The van der Waals surface area contributed by atoms with Crippen LogP contribution in [0.5, 0.6) is 0 Å². The van der Waals surface area contributed by atoms with Crippen LogP contribution in [-0.2, 0) is 6.18 Å². The maximum atomic E-state index is 12.6. The number of halogens is 3. The molecule has 0 saturated carbocycles. The van der Waals surface area contributed by atoms with Crippen molar-refractivity contribution >= 4 is 17.2 Å². The summed E-state index contributed by atoms with van der Waals surface area (Å²) in [6.45, 7) is 1.37. The van der Waals surface area contributed by atoms with Gasteiger partial charge in [0.15, 0.2) is 0 Å². The zero-order valence-corrected chi connectivity index (χ0v) is 13.1. The molecule has 1 N–H and O–H groups in total. The van der Waals surface area contributed by atoms with Crippen LogP contribution in [0.2, 0.25) is 0 Å². The van der Waals surface area contributed by atoms with Crippen molar-refractivity contribution in [3.8, 4) is 0 Å². The predicted octanol–water partition coefficient (Wildman–Crippen LogP) is 4.11. The van der Waals surface area contributed by atoms with Gasteiger partial charge in [-0.3, -0.25) is 0 Å². The zero-order chi connectivity index (χ0) is 16.4. The van der Waals surface area contributed by atoms with Crippen molar-refractivity contribution in [1.82, 2.24) is 4.98 Å². The molecule has 3 heterocycles. The lowest BCUT2D eigenvalue weighted by Crippen LogP contribution is -2.36. The molecule has 23 heavy (non-hydrogen) atoms. The lowest BCUT2D eigenvalue weighted by molar-refractivity contribution is -0.137. The van der Waals surface area contributed by atoms with Crippen LogP contribution in [0.25, 0.3) is 0 Å². The highest BCUT2D eigenvalue weighted by atomic mass is 32.1. The Balaban J connectivity index is 1.60. The van der Waals surface area contributed by atoms with Crippen LogP contribution in [0.15, 0.2) is 35.8 Å². The van der Waals surface area contributed by atoms with E-state index in [9.17, 15) is 18.3 Å². The first kappa shape index (κ1) is 16.3. The number of pyridine rings is 1. The summed E-state index contributed by atoms with van der Waals surface area (Å²) in [7, 11) is 0. The molecule has 3 nitrogen and oxygen atoms in total. The Morgan fingerprint density at radius 3 is 2.48 bits per heavy atom. The molecule has 124 valence electrons. The fourth-order valence-corrected chi connectivity index (χ4v) is 3.68. The van der Waals surface area contributed by atoms with Gasteiger partial charge in [0.2, 0.25) is 0 Å². The number of rotatable bonds is 3. The molecule has 0 radical (unpaired) electrons. The first-order valence-corrected chi connectivity index (χ1v) is 8.33. The molecule has 1 saturated heterocycles. The van der Waals surface area contributed by atoms with Gasteiger partial charge in [0.1, 0.15) is 5.82 Å². The molecule has 0 bridgehead atoms. The van der Waals surface area contributed by atoms with Crippen molar-refractivity contribution in [2.45, 2.75) is 25.1 Å². The molecule has 0 aromatic carbocycles. The minimum Gasteiger partial charge on any atom is -0.387 e. The van der Waals surface area contributed by atoms with Gasteiger partial charge in [0, 0.05) is 24.2 Å². The summed E-state index contributed by atoms with van der Waals surface area (Å²) < 4.78 is 37.7. The van der Waals surface area contributed by atoms with E-state index in [0.717, 1.165) is 30.0 Å². The topological polar surface area (TPSA) is 36.4 Å². The van der Waals surface area contributed by atoms with Crippen LogP contribution in [0, 0.1) is 5.92 Å². The Labute approximate surface area is 136 Å². The van der Waals surface area contributed by atoms with E-state index in [4.69, 9.17) is 0 Å². The monoisotopic (exact) mass is 342 g/mol. The quantitative estimate of drug-likeness (QED) is 0.912. The highest BCUT2D eigenvalue weighted by Crippen LogP contribution is 2.34. The second-order valence-corrected chi connectivity index (χ2v) is 6.67. The summed E-state index contributed by atoms with van der Waals surface area (Å²) in [4.78, 5) is 6.87. The number of nitrogens with zero attached hydrogens (tertiary/aromatic N) is 2. The standard InChI is InChI=1S/C16H17F3N2OS/c17-16(18,19)12-3-4-14(20-10-12)21-7-5-11(6-8-21)15(22)13-2-1-9-23-13/h1-4,9-11,15,22H,5-8H2. The third-order valence-corrected chi connectivity index (χ3v) is 5.16. The van der Waals surface area contributed by atoms with Crippen molar-refractivity contribution in [2.75, 3.05) is 18.0 Å². The number of aliphatic hydroxyl groups excluding tert-OH is 1. The lowest BCUT2D eigenvalue weighted by Gasteiger charge is -2.34. The number of aromatic nitrogens is 1. The number of hydrogen-bond acceptors (Lipinski definition) is 4. The number of anilines is 1. The maximum Gasteiger partial charge on any atom is 0.417 e. The van der Waals surface area contributed by atoms with Gasteiger partial charge in [-0.15, -0.1) is 11.3 Å². The van der Waals surface area contributed by atoms with Gasteiger partial charge in [-0.05, 0) is 42.3 Å². The second kappa shape index (κ2) is 6.49. The minimum atomic E-state index is -4.36. The minimum absolute atomic E-state index is 0.180. The SMILES string of the molecule is OC(c1cccs1)C1CCN(c2ccc(C(F)(F)F)cn2)CC1. The Morgan fingerprint density at radius 1 is 1.22 bits per heavy atom. The average molecular weight is 342 g/mol. The van der Waals surface area contributed by atoms with E-state index >= 15 is 0 Å². The molecule has 1 fully saturated rings. The van der Waals surface area contributed by atoms with Gasteiger partial charge in [0.05, 0.1) is 11.7 Å². The van der Waals surface area contributed by atoms with E-state index in [2.05, 4.69) is 4.98 Å². The van der Waals surface area contributed by atoms with E-state index in [0.29, 0.717) is 18.9 Å². The van der Waals surface area contributed by atoms with Crippen LogP contribution in [0.3, 0.4) is 0 Å². The van der Waals surface area contributed by atoms with E-state index in [1.165, 1.54) is 6.07 Å². The molecule has 3 rings (SSSR count). The largest absolute Gasteiger partial charge is 0.417 e. The van der Waals surface area contributed by atoms with Crippen LogP contribution in [0.4, 0.5) is 19.0 Å². The Morgan fingerprint density at radius 2 is 1.96 bits per heavy atom. The molecule has 1 aliphatic rings. The van der Waals surface area contributed by atoms with Crippen molar-refractivity contribution in [1.29, 1.82) is 0 Å². The summed E-state index contributed by atoms with van der Waals surface area (Å²) >= 11 is 1.54. The van der Waals surface area contributed by atoms with Crippen molar-refractivity contribution in [3.63, 3.8) is 0 Å². The summed E-state index contributed by atoms with van der Waals surface area (Å²) in [5, 5.41) is 12.3. The normalized spacial score (nSPS) is 18.2. The summed E-state index contributed by atoms with van der Waals surface area (Å²) in [5.41, 5.74) is -0.732. The zero-order valence-electron chi connectivity index (χ0n) is 12.3. The number of thiophene rings is 1. The molecule has 0 spiro atoms. The van der Waals surface area contributed by atoms with Crippen LogP contribution in [-0.4, -0.2) is 23.2 Å². The lowest BCUT2D eigenvalue weighted by atomic mass is 9.90. The van der Waals surface area contributed by atoms with Crippen LogP contribution in [0.1, 0.15) is 29.4 Å². The van der Waals surface area contributed by atoms with E-state index in [-0.39, 0.29) is 5.92 Å². The third-order valence-electron chi connectivity index (χ3n) is 4.22. The highest BCUT2D eigenvalue weighted by Gasteiger charge is 2.31. The van der Waals surface area contributed by atoms with Gasteiger partial charge >= 0.3 is 6.18 Å². The Hall–Kier alpha value is -1.60. The highest BCUT2D eigenvalue weighted by molar-refractivity contribution is 7.10. The fraction of sp³-hybridized carbons (Fsp3) is 0.438. The van der Waals surface area contributed by atoms with Gasteiger partial charge in [0.25, 0.3) is 0 Å². The van der Waals surface area contributed by atoms with E-state index < -0.39 is 17.8 Å². The molecule has 0 amide bonds. The first-order valence-electron chi connectivity index (χ1n) is 7.45. The number of hydrogen-bond donors (Lipinski definition) is 1. The smallest absolute Gasteiger partial charge is 0.387 e. The number of aliphatic hydroxyl groups is 1. The third kappa shape index (κ3) is 3.67. The molecule has 1 atom stereocenters. The van der Waals surface area contributed by atoms with Crippen molar-refractivity contribution in [3.05, 3.63) is 46.3 Å². The maximum absolute atomic E-state index is 12.6. The molecule has 7 heteroatoms.